The van der Waals surface area contributed by atoms with E-state index in [9.17, 15) is 5.11 Å². The second-order valence-electron chi connectivity index (χ2n) is 5.17. The molecule has 0 saturated carbocycles. The molecule has 3 N–H and O–H groups in total. The third-order valence-corrected chi connectivity index (χ3v) is 3.22. The number of ether oxygens (including phenoxy) is 3. The van der Waals surface area contributed by atoms with Crippen LogP contribution in [-0.4, -0.2) is 32.5 Å². The van der Waals surface area contributed by atoms with E-state index in [1.165, 1.54) is 0 Å². The van der Waals surface area contributed by atoms with Gasteiger partial charge in [0.25, 0.3) is 0 Å². The maximum absolute atomic E-state index is 10.2. The molecule has 0 unspecified atom stereocenters. The van der Waals surface area contributed by atoms with Crippen molar-refractivity contribution in [2.24, 2.45) is 11.7 Å². The van der Waals surface area contributed by atoms with Crippen LogP contribution < -0.4 is 19.9 Å². The highest BCUT2D eigenvalue weighted by Crippen LogP contribution is 2.38. The lowest BCUT2D eigenvalue weighted by atomic mass is 9.94. The maximum Gasteiger partial charge on any atom is 0.164 e. The van der Waals surface area contributed by atoms with Crippen LogP contribution in [0.5, 0.6) is 17.2 Å². The first-order chi connectivity index (χ1) is 9.44. The summed E-state index contributed by atoms with van der Waals surface area (Å²) >= 11 is 0. The first-order valence-electron chi connectivity index (χ1n) is 6.68. The van der Waals surface area contributed by atoms with Crippen LogP contribution in [0.3, 0.4) is 0 Å². The van der Waals surface area contributed by atoms with Crippen LogP contribution in [0, 0.1) is 5.92 Å². The number of hydrogen-bond donors (Lipinski definition) is 2. The molecule has 0 heterocycles. The molecular weight excluding hydrogens is 294 g/mol. The molecule has 0 aromatic heterocycles. The number of methoxy groups -OCH3 is 3. The topological polar surface area (TPSA) is 73.9 Å². The normalized spacial score (nSPS) is 13.3. The highest BCUT2D eigenvalue weighted by atomic mass is 35.5. The highest BCUT2D eigenvalue weighted by molar-refractivity contribution is 5.85. The molecule has 0 aliphatic rings. The van der Waals surface area contributed by atoms with E-state index in [2.05, 4.69) is 0 Å². The molecule has 1 rings (SSSR count). The smallest absolute Gasteiger partial charge is 0.164 e. The fraction of sp³-hybridized carbons (Fsp3) is 0.600. The van der Waals surface area contributed by atoms with Gasteiger partial charge in [-0.25, -0.2) is 0 Å². The van der Waals surface area contributed by atoms with Gasteiger partial charge >= 0.3 is 0 Å². The van der Waals surface area contributed by atoms with Crippen molar-refractivity contribution in [3.63, 3.8) is 0 Å². The average Bonchev–Trinajstić information content (AvgIpc) is 2.44. The molecule has 0 amide bonds. The summed E-state index contributed by atoms with van der Waals surface area (Å²) in [6.45, 7) is 4.09. The van der Waals surface area contributed by atoms with Gasteiger partial charge in [-0.15, -0.1) is 12.4 Å². The summed E-state index contributed by atoms with van der Waals surface area (Å²) in [4.78, 5) is 0. The van der Waals surface area contributed by atoms with Crippen LogP contribution in [-0.2, 0) is 0 Å². The van der Waals surface area contributed by atoms with Gasteiger partial charge in [-0.3, -0.25) is 0 Å². The van der Waals surface area contributed by atoms with Gasteiger partial charge in [-0.05, 0) is 18.4 Å². The highest BCUT2D eigenvalue weighted by Gasteiger charge is 2.23. The lowest BCUT2D eigenvalue weighted by Crippen LogP contribution is -2.28. The molecule has 1 aromatic carbocycles. The minimum absolute atomic E-state index is 0. The van der Waals surface area contributed by atoms with Crippen molar-refractivity contribution < 1.29 is 19.3 Å². The fourth-order valence-corrected chi connectivity index (χ4v) is 2.15. The van der Waals surface area contributed by atoms with Gasteiger partial charge in [-0.1, -0.05) is 13.8 Å². The minimum Gasteiger partial charge on any atom is -0.496 e. The molecule has 0 spiro atoms. The molecule has 0 aliphatic heterocycles. The summed E-state index contributed by atoms with van der Waals surface area (Å²) in [6.07, 6.45) is -0.0134. The lowest BCUT2D eigenvalue weighted by Gasteiger charge is -2.23. The minimum atomic E-state index is -0.637. The van der Waals surface area contributed by atoms with Crippen molar-refractivity contribution in [2.45, 2.75) is 32.4 Å². The van der Waals surface area contributed by atoms with Crippen LogP contribution in [0.15, 0.2) is 12.1 Å². The predicted octanol–water partition coefficient (Wildman–Crippen LogP) is 2.54. The van der Waals surface area contributed by atoms with Gasteiger partial charge in [0.2, 0.25) is 0 Å². The van der Waals surface area contributed by atoms with Crippen molar-refractivity contribution in [1.82, 2.24) is 0 Å². The second-order valence-corrected chi connectivity index (χ2v) is 5.17. The van der Waals surface area contributed by atoms with Crippen LogP contribution in [0.25, 0.3) is 0 Å². The number of hydrogen-bond acceptors (Lipinski definition) is 5. The van der Waals surface area contributed by atoms with Gasteiger partial charge in [0.15, 0.2) is 11.5 Å². The molecule has 122 valence electrons. The third kappa shape index (κ3) is 4.95. The Morgan fingerprint density at radius 2 is 1.48 bits per heavy atom. The lowest BCUT2D eigenvalue weighted by molar-refractivity contribution is 0.119. The monoisotopic (exact) mass is 319 g/mol. The Bertz CT molecular complexity index is 440. The Kier molecular flexibility index (Phi) is 8.47. The molecule has 0 aliphatic carbocycles. The quantitative estimate of drug-likeness (QED) is 0.808. The average molecular weight is 320 g/mol. The summed E-state index contributed by atoms with van der Waals surface area (Å²) < 4.78 is 15.8. The summed E-state index contributed by atoms with van der Waals surface area (Å²) in [5, 5.41) is 10.2. The van der Waals surface area contributed by atoms with E-state index >= 15 is 0 Å². The van der Waals surface area contributed by atoms with Crippen molar-refractivity contribution in [3.05, 3.63) is 17.7 Å². The molecule has 0 saturated heterocycles. The van der Waals surface area contributed by atoms with Crippen LogP contribution >= 0.6 is 12.4 Å². The molecule has 5 nitrogen and oxygen atoms in total. The number of rotatable bonds is 7. The van der Waals surface area contributed by atoms with Gasteiger partial charge in [-0.2, -0.15) is 0 Å². The Hall–Kier alpha value is -1.17. The maximum atomic E-state index is 10.2. The van der Waals surface area contributed by atoms with Gasteiger partial charge in [0.1, 0.15) is 5.75 Å². The molecule has 21 heavy (non-hydrogen) atoms. The zero-order valence-corrected chi connectivity index (χ0v) is 14.1. The van der Waals surface area contributed by atoms with Gasteiger partial charge in [0, 0.05) is 11.6 Å². The van der Waals surface area contributed by atoms with E-state index < -0.39 is 12.1 Å². The first-order valence-corrected chi connectivity index (χ1v) is 6.68. The third-order valence-electron chi connectivity index (χ3n) is 3.22. The molecular formula is C15H26ClNO4. The van der Waals surface area contributed by atoms with Crippen LogP contribution in [0.4, 0.5) is 0 Å². The molecule has 1 aromatic rings. The zero-order chi connectivity index (χ0) is 15.3. The largest absolute Gasteiger partial charge is 0.496 e. The number of benzene rings is 1. The summed E-state index contributed by atoms with van der Waals surface area (Å²) in [7, 11) is 4.68. The fourth-order valence-electron chi connectivity index (χ4n) is 2.15. The first kappa shape index (κ1) is 19.8. The van der Waals surface area contributed by atoms with Crippen molar-refractivity contribution in [2.75, 3.05) is 21.3 Å². The summed E-state index contributed by atoms with van der Waals surface area (Å²) in [6, 6.07) is 2.94. The van der Waals surface area contributed by atoms with E-state index in [4.69, 9.17) is 19.9 Å². The molecule has 2 atom stereocenters. The van der Waals surface area contributed by atoms with E-state index in [-0.39, 0.29) is 12.4 Å². The van der Waals surface area contributed by atoms with Gasteiger partial charge in [0.05, 0.1) is 33.5 Å². The Morgan fingerprint density at radius 3 is 1.90 bits per heavy atom. The standard InChI is InChI=1S/C15H25NO4.ClH/c1-9(2)6-11(17)15(16)10-7-13(19-4)14(20-5)8-12(10)18-3;/h7-9,11,15,17H,6,16H2,1-5H3;1H/t11-,15+;/m1./s1. The molecule has 0 bridgehead atoms. The van der Waals surface area contributed by atoms with E-state index in [0.29, 0.717) is 35.2 Å². The Balaban J connectivity index is 0.00000400. The number of halogens is 1. The number of nitrogens with two attached hydrogens (primary N) is 1. The SMILES string of the molecule is COc1cc(OC)c([C@H](N)[C@H](O)CC(C)C)cc1OC.Cl. The number of aliphatic hydroxyl groups excluding tert-OH is 1. The second kappa shape index (κ2) is 8.97. The Labute approximate surface area is 132 Å². The molecule has 0 radical (unpaired) electrons. The molecule has 0 fully saturated rings. The summed E-state index contributed by atoms with van der Waals surface area (Å²) in [5.41, 5.74) is 6.86. The van der Waals surface area contributed by atoms with Crippen molar-refractivity contribution in [3.8, 4) is 17.2 Å². The van der Waals surface area contributed by atoms with E-state index in [1.807, 2.05) is 13.8 Å². The number of aliphatic hydroxyl groups is 1. The van der Waals surface area contributed by atoms with E-state index in [1.54, 1.807) is 33.5 Å². The Morgan fingerprint density at radius 1 is 1.00 bits per heavy atom. The van der Waals surface area contributed by atoms with Crippen LogP contribution in [0.1, 0.15) is 31.9 Å². The molecule has 6 heteroatoms. The van der Waals surface area contributed by atoms with Gasteiger partial charge < -0.3 is 25.1 Å². The zero-order valence-electron chi connectivity index (χ0n) is 13.3. The van der Waals surface area contributed by atoms with Crippen LogP contribution in [0.2, 0.25) is 0 Å². The van der Waals surface area contributed by atoms with Crippen molar-refractivity contribution in [1.29, 1.82) is 0 Å². The van der Waals surface area contributed by atoms with Crippen molar-refractivity contribution >= 4 is 12.4 Å². The van der Waals surface area contributed by atoms with E-state index in [0.717, 1.165) is 0 Å². The predicted molar refractivity (Wildman–Crippen MR) is 85.7 cm³/mol. The summed E-state index contributed by atoms with van der Waals surface area (Å²) in [5.74, 6) is 2.08.